The van der Waals surface area contributed by atoms with Crippen LogP contribution in [0.15, 0.2) is 21.1 Å². The molecule has 5 heteroatoms. The van der Waals surface area contributed by atoms with E-state index in [1.807, 2.05) is 12.1 Å². The molecule has 3 nitrogen and oxygen atoms in total. The summed E-state index contributed by atoms with van der Waals surface area (Å²) in [5.74, 6) is 1.59. The van der Waals surface area contributed by atoms with Gasteiger partial charge in [0.15, 0.2) is 0 Å². The molecule has 0 saturated carbocycles. The summed E-state index contributed by atoms with van der Waals surface area (Å²) < 4.78 is 13.0. The first kappa shape index (κ1) is 18.8. The van der Waals surface area contributed by atoms with Gasteiger partial charge in [-0.25, -0.2) is 0 Å². The van der Waals surface area contributed by atoms with Crippen LogP contribution in [0.5, 0.6) is 11.5 Å². The van der Waals surface area contributed by atoms with Gasteiger partial charge in [0.1, 0.15) is 11.5 Å². The van der Waals surface area contributed by atoms with Crippen molar-refractivity contribution < 1.29 is 9.47 Å². The van der Waals surface area contributed by atoms with Crippen molar-refractivity contribution in [3.8, 4) is 11.5 Å². The molecule has 0 heterocycles. The number of ether oxygens (including phenoxy) is 2. The monoisotopic (exact) mass is 421 g/mol. The zero-order valence-electron chi connectivity index (χ0n) is 13.6. The van der Waals surface area contributed by atoms with E-state index in [1.54, 1.807) is 7.11 Å². The van der Waals surface area contributed by atoms with Gasteiger partial charge in [-0.3, -0.25) is 0 Å². The number of hydrogen-bond acceptors (Lipinski definition) is 3. The molecule has 0 atom stereocenters. The molecule has 0 aromatic heterocycles. The quantitative estimate of drug-likeness (QED) is 0.698. The van der Waals surface area contributed by atoms with E-state index in [1.165, 1.54) is 0 Å². The minimum absolute atomic E-state index is 0.0408. The van der Waals surface area contributed by atoms with Gasteiger partial charge in [0.2, 0.25) is 0 Å². The average molecular weight is 423 g/mol. The van der Waals surface area contributed by atoms with Crippen molar-refractivity contribution in [1.82, 2.24) is 5.32 Å². The molecule has 0 aliphatic heterocycles. The summed E-state index contributed by atoms with van der Waals surface area (Å²) in [5.41, 5.74) is 0.153. The summed E-state index contributed by atoms with van der Waals surface area (Å²) in [6, 6.07) is 3.83. The average Bonchev–Trinajstić information content (AvgIpc) is 2.36. The third kappa shape index (κ3) is 6.57. The van der Waals surface area contributed by atoms with Crippen LogP contribution in [0, 0.1) is 5.41 Å². The molecule has 120 valence electrons. The number of nitrogens with one attached hydrogen (secondary N) is 1. The largest absolute Gasteiger partial charge is 0.496 e. The third-order valence-electron chi connectivity index (χ3n) is 2.92. The van der Waals surface area contributed by atoms with Gasteiger partial charge < -0.3 is 14.8 Å². The Kier molecular flexibility index (Phi) is 6.56. The van der Waals surface area contributed by atoms with E-state index in [2.05, 4.69) is 71.8 Å². The molecule has 0 aliphatic rings. The maximum Gasteiger partial charge on any atom is 0.134 e. The molecule has 1 rings (SSSR count). The standard InChI is InChI=1S/C16H25Br2NO2/c1-15(2,3)19-9-16(4,5)10-21-14-8-11(17)13(20-6)7-12(14)18/h7-8,19H,9-10H2,1-6H3. The number of rotatable bonds is 6. The summed E-state index contributed by atoms with van der Waals surface area (Å²) in [4.78, 5) is 0. The van der Waals surface area contributed by atoms with Crippen molar-refractivity contribution in [2.24, 2.45) is 5.41 Å². The van der Waals surface area contributed by atoms with Crippen LogP contribution in [0.4, 0.5) is 0 Å². The molecular weight excluding hydrogens is 398 g/mol. The zero-order chi connectivity index (χ0) is 16.3. The summed E-state index contributed by atoms with van der Waals surface area (Å²) in [5, 5.41) is 3.52. The molecule has 0 saturated heterocycles. The molecule has 0 aliphatic carbocycles. The highest BCUT2D eigenvalue weighted by atomic mass is 79.9. The minimum Gasteiger partial charge on any atom is -0.496 e. The second-order valence-electron chi connectivity index (χ2n) is 6.97. The lowest BCUT2D eigenvalue weighted by atomic mass is 9.93. The van der Waals surface area contributed by atoms with Crippen LogP contribution in [0.25, 0.3) is 0 Å². The zero-order valence-corrected chi connectivity index (χ0v) is 16.8. The number of methoxy groups -OCH3 is 1. The normalized spacial score (nSPS) is 12.4. The fourth-order valence-electron chi connectivity index (χ4n) is 1.61. The highest BCUT2D eigenvalue weighted by Crippen LogP contribution is 2.36. The van der Waals surface area contributed by atoms with Gasteiger partial charge >= 0.3 is 0 Å². The summed E-state index contributed by atoms with van der Waals surface area (Å²) in [7, 11) is 1.65. The van der Waals surface area contributed by atoms with Crippen molar-refractivity contribution in [1.29, 1.82) is 0 Å². The Hall–Kier alpha value is -0.260. The molecule has 1 aromatic carbocycles. The van der Waals surface area contributed by atoms with Crippen LogP contribution in [0.1, 0.15) is 34.6 Å². The molecular formula is C16H25Br2NO2. The van der Waals surface area contributed by atoms with Gasteiger partial charge in [-0.1, -0.05) is 13.8 Å². The minimum atomic E-state index is 0.0408. The van der Waals surface area contributed by atoms with Crippen molar-refractivity contribution >= 4 is 31.9 Å². The summed E-state index contributed by atoms with van der Waals surface area (Å²) in [6.45, 7) is 12.4. The highest BCUT2D eigenvalue weighted by Gasteiger charge is 2.22. The van der Waals surface area contributed by atoms with E-state index < -0.39 is 0 Å². The Balaban J connectivity index is 2.68. The van der Waals surface area contributed by atoms with Gasteiger partial charge in [0, 0.05) is 17.5 Å². The second kappa shape index (κ2) is 7.34. The third-order valence-corrected chi connectivity index (χ3v) is 4.16. The fraction of sp³-hybridized carbons (Fsp3) is 0.625. The first-order valence-corrected chi connectivity index (χ1v) is 8.53. The summed E-state index contributed by atoms with van der Waals surface area (Å²) >= 11 is 7.00. The lowest BCUT2D eigenvalue weighted by Gasteiger charge is -2.30. The smallest absolute Gasteiger partial charge is 0.134 e. The number of benzene rings is 1. The summed E-state index contributed by atoms with van der Waals surface area (Å²) in [6.07, 6.45) is 0. The van der Waals surface area contributed by atoms with E-state index in [9.17, 15) is 0 Å². The second-order valence-corrected chi connectivity index (χ2v) is 8.68. The van der Waals surface area contributed by atoms with E-state index >= 15 is 0 Å². The molecule has 1 aromatic rings. The molecule has 0 bridgehead atoms. The molecule has 0 radical (unpaired) electrons. The van der Waals surface area contributed by atoms with E-state index in [0.717, 1.165) is 27.0 Å². The molecule has 0 spiro atoms. The lowest BCUT2D eigenvalue weighted by Crippen LogP contribution is -2.43. The Labute approximate surface area is 145 Å². The van der Waals surface area contributed by atoms with Crippen LogP contribution in [0.3, 0.4) is 0 Å². The SMILES string of the molecule is COc1cc(Br)c(OCC(C)(C)CNC(C)(C)C)cc1Br. The Morgan fingerprint density at radius 2 is 1.52 bits per heavy atom. The Morgan fingerprint density at radius 3 is 2.05 bits per heavy atom. The van der Waals surface area contributed by atoms with Crippen LogP contribution >= 0.6 is 31.9 Å². The van der Waals surface area contributed by atoms with Gasteiger partial charge in [-0.15, -0.1) is 0 Å². The molecule has 0 unspecified atom stereocenters. The molecule has 0 fully saturated rings. The predicted molar refractivity (Wildman–Crippen MR) is 95.4 cm³/mol. The van der Waals surface area contributed by atoms with Gasteiger partial charge in [0.25, 0.3) is 0 Å². The molecule has 21 heavy (non-hydrogen) atoms. The number of halogens is 2. The van der Waals surface area contributed by atoms with Gasteiger partial charge in [-0.2, -0.15) is 0 Å². The maximum atomic E-state index is 5.97. The topological polar surface area (TPSA) is 30.5 Å². The van der Waals surface area contributed by atoms with Crippen molar-refractivity contribution in [3.05, 3.63) is 21.1 Å². The van der Waals surface area contributed by atoms with Crippen molar-refractivity contribution in [2.45, 2.75) is 40.2 Å². The maximum absolute atomic E-state index is 5.97. The van der Waals surface area contributed by atoms with Crippen LogP contribution in [0.2, 0.25) is 0 Å². The van der Waals surface area contributed by atoms with Gasteiger partial charge in [-0.05, 0) is 64.8 Å². The van der Waals surface area contributed by atoms with Crippen molar-refractivity contribution in [2.75, 3.05) is 20.3 Å². The first-order valence-electron chi connectivity index (χ1n) is 6.95. The highest BCUT2D eigenvalue weighted by molar-refractivity contribution is 9.11. The molecule has 0 amide bonds. The van der Waals surface area contributed by atoms with Gasteiger partial charge in [0.05, 0.1) is 22.7 Å². The van der Waals surface area contributed by atoms with E-state index in [0.29, 0.717) is 6.61 Å². The van der Waals surface area contributed by atoms with Crippen molar-refractivity contribution in [3.63, 3.8) is 0 Å². The van der Waals surface area contributed by atoms with E-state index in [-0.39, 0.29) is 11.0 Å². The van der Waals surface area contributed by atoms with Crippen LogP contribution < -0.4 is 14.8 Å². The Morgan fingerprint density at radius 1 is 1.00 bits per heavy atom. The number of hydrogen-bond donors (Lipinski definition) is 1. The first-order chi connectivity index (χ1) is 9.54. The Bertz CT molecular complexity index is 482. The van der Waals surface area contributed by atoms with Crippen LogP contribution in [-0.2, 0) is 0 Å². The predicted octanol–water partition coefficient (Wildman–Crippen LogP) is 5.01. The fourth-order valence-corrected chi connectivity index (χ4v) is 2.53. The van der Waals surface area contributed by atoms with Crippen LogP contribution in [-0.4, -0.2) is 25.8 Å². The van der Waals surface area contributed by atoms with E-state index in [4.69, 9.17) is 9.47 Å². The molecule has 1 N–H and O–H groups in total. The lowest BCUT2D eigenvalue weighted by molar-refractivity contribution is 0.165.